The van der Waals surface area contributed by atoms with E-state index in [2.05, 4.69) is 109 Å². The van der Waals surface area contributed by atoms with E-state index in [4.69, 9.17) is 19.4 Å². The summed E-state index contributed by atoms with van der Waals surface area (Å²) in [6.07, 6.45) is 7.84. The van der Waals surface area contributed by atoms with E-state index in [1.807, 2.05) is 84.9 Å². The monoisotopic (exact) mass is 703 g/mol. The third-order valence-electron chi connectivity index (χ3n) is 10.3. The van der Waals surface area contributed by atoms with E-state index < -0.39 is 0 Å². The molecule has 0 radical (unpaired) electrons. The van der Waals surface area contributed by atoms with Crippen molar-refractivity contribution in [2.45, 2.75) is 12.3 Å². The van der Waals surface area contributed by atoms with Crippen LogP contribution in [0.2, 0.25) is 0 Å². The number of hydrogen-bond donors (Lipinski definition) is 0. The van der Waals surface area contributed by atoms with Gasteiger partial charge in [0.25, 0.3) is 0 Å². The number of furan rings is 1. The van der Waals surface area contributed by atoms with Gasteiger partial charge in [0.05, 0.1) is 0 Å². The average Bonchev–Trinajstić information content (AvgIpc) is 3.66. The van der Waals surface area contributed by atoms with Crippen molar-refractivity contribution in [2.24, 2.45) is 0 Å². The van der Waals surface area contributed by atoms with Gasteiger partial charge in [-0.3, -0.25) is 0 Å². The van der Waals surface area contributed by atoms with Gasteiger partial charge in [-0.1, -0.05) is 158 Å². The summed E-state index contributed by atoms with van der Waals surface area (Å²) in [6.45, 7) is 0. The van der Waals surface area contributed by atoms with Crippen LogP contribution in [0.3, 0.4) is 0 Å². The van der Waals surface area contributed by atoms with Crippen LogP contribution in [0.25, 0.3) is 83.9 Å². The van der Waals surface area contributed by atoms with Crippen molar-refractivity contribution in [3.63, 3.8) is 0 Å². The summed E-state index contributed by atoms with van der Waals surface area (Å²) in [5.41, 5.74) is 12.5. The SMILES string of the molecule is c1cc(-c2ccccc2)cc(-c2cccc(C3C=CC(c4ccc5oc6cccc(-c7nc(-c8ccccc8)nc(-c8ccccc8)n7)c6c5c4)=CC3)c2)c#1. The maximum absolute atomic E-state index is 6.43. The molecule has 1 aliphatic rings. The zero-order valence-corrected chi connectivity index (χ0v) is 29.9. The third kappa shape index (κ3) is 6.28. The zero-order valence-electron chi connectivity index (χ0n) is 29.9. The number of aromatic nitrogens is 3. The summed E-state index contributed by atoms with van der Waals surface area (Å²) in [7, 11) is 0. The lowest BCUT2D eigenvalue weighted by Gasteiger charge is -2.18. The van der Waals surface area contributed by atoms with Gasteiger partial charge < -0.3 is 4.42 Å². The molecular formula is C51H33N3O. The Kier molecular flexibility index (Phi) is 8.16. The smallest absolute Gasteiger partial charge is 0.164 e. The van der Waals surface area contributed by atoms with Crippen LogP contribution in [0.15, 0.2) is 186 Å². The van der Waals surface area contributed by atoms with Crippen LogP contribution in [0.1, 0.15) is 23.5 Å². The van der Waals surface area contributed by atoms with E-state index in [-0.39, 0.29) is 5.92 Å². The van der Waals surface area contributed by atoms with E-state index in [1.165, 1.54) is 16.7 Å². The Balaban J connectivity index is 0.980. The van der Waals surface area contributed by atoms with Crippen LogP contribution < -0.4 is 0 Å². The first kappa shape index (κ1) is 32.3. The molecule has 0 amide bonds. The fourth-order valence-corrected chi connectivity index (χ4v) is 7.52. The van der Waals surface area contributed by atoms with Gasteiger partial charge in [0, 0.05) is 38.9 Å². The van der Waals surface area contributed by atoms with Crippen molar-refractivity contribution in [3.8, 4) is 56.4 Å². The van der Waals surface area contributed by atoms with Gasteiger partial charge in [0.15, 0.2) is 17.5 Å². The highest BCUT2D eigenvalue weighted by molar-refractivity contribution is 6.12. The Labute approximate surface area is 319 Å². The molecule has 0 bridgehead atoms. The molecule has 0 N–H and O–H groups in total. The molecule has 2 heterocycles. The number of fused-ring (bicyclic) bond motifs is 3. The van der Waals surface area contributed by atoms with Crippen LogP contribution >= 0.6 is 0 Å². The van der Waals surface area contributed by atoms with Gasteiger partial charge in [-0.15, -0.1) is 0 Å². The molecule has 1 unspecified atom stereocenters. The van der Waals surface area contributed by atoms with Crippen LogP contribution in [0, 0.1) is 12.1 Å². The average molecular weight is 704 g/mol. The number of benzene rings is 6. The summed E-state index contributed by atoms with van der Waals surface area (Å²) in [4.78, 5) is 15.0. The lowest BCUT2D eigenvalue weighted by molar-refractivity contribution is 0.669. The standard InChI is InChI=1S/C51H33N3O/c1-4-13-34(14-5-1)39-19-10-21-41(31-39)42-22-11-20-40(32-42)35-25-27-36(28-26-35)43-29-30-46-45(33-43)48-44(23-12-24-47(48)55-46)51-53-49(37-15-6-2-7-16-37)52-50(54-51)38-17-8-3-9-18-38/h1-9,11-20,22-25,27-33,35H,26H2. The lowest BCUT2D eigenvalue weighted by atomic mass is 9.87. The van der Waals surface area contributed by atoms with Crippen LogP contribution in [0.5, 0.6) is 0 Å². The summed E-state index contributed by atoms with van der Waals surface area (Å²) in [5, 5.41) is 2.02. The summed E-state index contributed by atoms with van der Waals surface area (Å²) in [6, 6.07) is 62.7. The molecule has 7 aromatic carbocycles. The Hall–Kier alpha value is -7.35. The molecule has 1 atom stereocenters. The van der Waals surface area contributed by atoms with Gasteiger partial charge in [0.1, 0.15) is 11.2 Å². The highest BCUT2D eigenvalue weighted by Gasteiger charge is 2.19. The first-order chi connectivity index (χ1) is 27.2. The quantitative estimate of drug-likeness (QED) is 0.166. The number of rotatable bonds is 7. The molecule has 0 aliphatic heterocycles. The second-order valence-corrected chi connectivity index (χ2v) is 13.8. The molecule has 4 heteroatoms. The minimum Gasteiger partial charge on any atom is -0.456 e. The fraction of sp³-hybridized carbons (Fsp3) is 0.0392. The number of allylic oxidation sites excluding steroid dienone is 4. The molecule has 258 valence electrons. The molecule has 55 heavy (non-hydrogen) atoms. The minimum absolute atomic E-state index is 0.275. The molecule has 0 spiro atoms. The zero-order chi connectivity index (χ0) is 36.6. The van der Waals surface area contributed by atoms with Crippen LogP contribution in [-0.4, -0.2) is 15.0 Å². The fourth-order valence-electron chi connectivity index (χ4n) is 7.52. The lowest BCUT2D eigenvalue weighted by Crippen LogP contribution is -2.00. The van der Waals surface area contributed by atoms with E-state index >= 15 is 0 Å². The second kappa shape index (κ2) is 13.9. The van der Waals surface area contributed by atoms with Crippen molar-refractivity contribution in [3.05, 3.63) is 205 Å². The maximum Gasteiger partial charge on any atom is 0.164 e. The van der Waals surface area contributed by atoms with Gasteiger partial charge in [0.2, 0.25) is 0 Å². The Morgan fingerprint density at radius 3 is 1.91 bits per heavy atom. The van der Waals surface area contributed by atoms with Crippen molar-refractivity contribution >= 4 is 27.5 Å². The predicted octanol–water partition coefficient (Wildman–Crippen LogP) is 12.8. The molecule has 1 aliphatic carbocycles. The molecule has 4 nitrogen and oxygen atoms in total. The maximum atomic E-state index is 6.43. The van der Waals surface area contributed by atoms with Crippen molar-refractivity contribution in [2.75, 3.05) is 0 Å². The van der Waals surface area contributed by atoms with Gasteiger partial charge in [-0.25, -0.2) is 15.0 Å². The van der Waals surface area contributed by atoms with E-state index in [0.29, 0.717) is 17.5 Å². The van der Waals surface area contributed by atoms with E-state index in [0.717, 1.165) is 67.3 Å². The van der Waals surface area contributed by atoms with E-state index in [1.54, 1.807) is 0 Å². The topological polar surface area (TPSA) is 51.8 Å². The Morgan fingerprint density at radius 2 is 1.20 bits per heavy atom. The summed E-state index contributed by atoms with van der Waals surface area (Å²) in [5.74, 6) is 2.14. The second-order valence-electron chi connectivity index (χ2n) is 13.8. The predicted molar refractivity (Wildman–Crippen MR) is 223 cm³/mol. The molecule has 9 aromatic rings. The Morgan fingerprint density at radius 1 is 0.527 bits per heavy atom. The Bertz CT molecular complexity index is 2830. The first-order valence-electron chi connectivity index (χ1n) is 18.5. The van der Waals surface area contributed by atoms with Crippen molar-refractivity contribution in [1.29, 1.82) is 0 Å². The van der Waals surface area contributed by atoms with Crippen molar-refractivity contribution < 1.29 is 4.42 Å². The number of hydrogen-bond acceptors (Lipinski definition) is 4. The normalized spacial score (nSPS) is 13.8. The molecule has 0 fully saturated rings. The summed E-state index contributed by atoms with van der Waals surface area (Å²) >= 11 is 0. The molecule has 10 rings (SSSR count). The van der Waals surface area contributed by atoms with Gasteiger partial charge in [-0.2, -0.15) is 0 Å². The minimum atomic E-state index is 0.275. The van der Waals surface area contributed by atoms with Crippen LogP contribution in [-0.2, 0) is 0 Å². The van der Waals surface area contributed by atoms with Gasteiger partial charge >= 0.3 is 0 Å². The van der Waals surface area contributed by atoms with Crippen molar-refractivity contribution in [1.82, 2.24) is 15.0 Å². The molecule has 2 aromatic heterocycles. The molecular weight excluding hydrogens is 671 g/mol. The third-order valence-corrected chi connectivity index (χ3v) is 10.3. The summed E-state index contributed by atoms with van der Waals surface area (Å²) < 4.78 is 6.43. The first-order valence-corrected chi connectivity index (χ1v) is 18.5. The highest BCUT2D eigenvalue weighted by Crippen LogP contribution is 2.39. The van der Waals surface area contributed by atoms with Crippen LogP contribution in [0.4, 0.5) is 0 Å². The van der Waals surface area contributed by atoms with Gasteiger partial charge in [-0.05, 0) is 76.2 Å². The largest absolute Gasteiger partial charge is 0.456 e. The number of nitrogens with zero attached hydrogens (tertiary/aromatic N) is 3. The highest BCUT2D eigenvalue weighted by atomic mass is 16.3. The molecule has 0 saturated heterocycles. The van der Waals surface area contributed by atoms with E-state index in [9.17, 15) is 0 Å². The molecule has 0 saturated carbocycles.